The molecule has 0 aliphatic rings. The van der Waals surface area contributed by atoms with Crippen molar-refractivity contribution in [3.63, 3.8) is 0 Å². The predicted molar refractivity (Wildman–Crippen MR) is 293 cm³/mol. The van der Waals surface area contributed by atoms with Crippen LogP contribution in [0.25, 0.3) is 0 Å². The van der Waals surface area contributed by atoms with Gasteiger partial charge in [0.1, 0.15) is 6.10 Å². The van der Waals surface area contributed by atoms with E-state index in [0.29, 0.717) is 13.0 Å². The first-order valence-corrected chi connectivity index (χ1v) is 28.2. The van der Waals surface area contributed by atoms with Gasteiger partial charge in [-0.05, 0) is 109 Å². The maximum absolute atomic E-state index is 12.7. The minimum atomic E-state index is -4.31. The smallest absolute Gasteiger partial charge is 0.457 e. The highest BCUT2D eigenvalue weighted by molar-refractivity contribution is 7.47. The van der Waals surface area contributed by atoms with Gasteiger partial charge >= 0.3 is 13.8 Å². The first-order valence-electron chi connectivity index (χ1n) is 26.7. The van der Waals surface area contributed by atoms with Gasteiger partial charge in [0.2, 0.25) is 0 Å². The number of hydrogen-bond donors (Lipinski definition) is 2. The highest BCUT2D eigenvalue weighted by Gasteiger charge is 2.25. The van der Waals surface area contributed by atoms with Crippen molar-refractivity contribution in [3.05, 3.63) is 134 Å². The molecule has 0 saturated heterocycles. The third kappa shape index (κ3) is 53.6. The fourth-order valence-electron chi connectivity index (χ4n) is 6.73. The molecule has 0 fully saturated rings. The van der Waals surface area contributed by atoms with Gasteiger partial charge < -0.3 is 20.1 Å². The van der Waals surface area contributed by atoms with E-state index < -0.39 is 13.9 Å². The fraction of sp³-hybridized carbons (Fsp3) is 0.610. The number of phosphoric ester groups is 1. The molecule has 9 heteroatoms. The van der Waals surface area contributed by atoms with Crippen LogP contribution in [0.2, 0.25) is 0 Å². The number of rotatable bonds is 49. The molecule has 0 bridgehead atoms. The summed E-state index contributed by atoms with van der Waals surface area (Å²) in [5.41, 5.74) is 5.39. The van der Waals surface area contributed by atoms with Crippen molar-refractivity contribution >= 4 is 13.8 Å². The average molecular weight is 964 g/mol. The summed E-state index contributed by atoms with van der Waals surface area (Å²) in [6, 6.07) is 0. The number of unbranched alkanes of at least 4 members (excludes halogenated alkanes) is 14. The first kappa shape index (κ1) is 64.6. The molecule has 0 aliphatic heterocycles. The number of carbonyl (C=O) groups excluding carboxylic acids is 1. The van der Waals surface area contributed by atoms with E-state index in [0.717, 1.165) is 122 Å². The lowest BCUT2D eigenvalue weighted by Crippen LogP contribution is -2.28. The Kier molecular flexibility index (Phi) is 51.9. The first-order chi connectivity index (χ1) is 33.4. The SMILES string of the molecule is CC/C=C\C/C=C\C/C=C\C/C=C\C/C=C\C/C=C\C/C=C\CCCCCCOCC(COP(=O)(O)OCCN)OC(=O)CCCCCCCCCCCC/C=C\C/C=C\C/C=C\C/C=C\CC. The Morgan fingerprint density at radius 3 is 1.16 bits per heavy atom. The van der Waals surface area contributed by atoms with E-state index in [1.807, 2.05) is 0 Å². The van der Waals surface area contributed by atoms with Gasteiger partial charge in [-0.3, -0.25) is 13.8 Å². The second-order valence-electron chi connectivity index (χ2n) is 17.0. The lowest BCUT2D eigenvalue weighted by atomic mass is 10.0. The number of ether oxygens (including phenoxy) is 2. The molecule has 0 aliphatic carbocycles. The summed E-state index contributed by atoms with van der Waals surface area (Å²) in [6.07, 6.45) is 77.7. The Hall–Kier alpha value is -3.36. The molecule has 0 aromatic carbocycles. The third-order valence-corrected chi connectivity index (χ3v) is 11.5. The number of esters is 1. The van der Waals surface area contributed by atoms with E-state index in [-0.39, 0.29) is 32.3 Å². The van der Waals surface area contributed by atoms with Crippen LogP contribution in [0.15, 0.2) is 134 Å². The molecule has 2 atom stereocenters. The number of nitrogens with two attached hydrogens (primary N) is 1. The summed E-state index contributed by atoms with van der Waals surface area (Å²) in [5.74, 6) is -0.350. The maximum Gasteiger partial charge on any atom is 0.472 e. The molecular formula is C59H98NO7P. The summed E-state index contributed by atoms with van der Waals surface area (Å²) in [7, 11) is -4.31. The van der Waals surface area contributed by atoms with Crippen LogP contribution in [0, 0.1) is 0 Å². The van der Waals surface area contributed by atoms with E-state index in [1.54, 1.807) is 0 Å². The van der Waals surface area contributed by atoms with Gasteiger partial charge in [0, 0.05) is 19.6 Å². The van der Waals surface area contributed by atoms with Crippen LogP contribution in [0.3, 0.4) is 0 Å². The van der Waals surface area contributed by atoms with E-state index in [9.17, 15) is 14.3 Å². The van der Waals surface area contributed by atoms with Crippen molar-refractivity contribution in [3.8, 4) is 0 Å². The fourth-order valence-corrected chi connectivity index (χ4v) is 7.50. The van der Waals surface area contributed by atoms with Crippen molar-refractivity contribution in [2.45, 2.75) is 200 Å². The Labute approximate surface area is 417 Å². The normalized spacial score (nSPS) is 14.4. The predicted octanol–water partition coefficient (Wildman–Crippen LogP) is 17.1. The van der Waals surface area contributed by atoms with E-state index in [1.165, 1.54) is 51.4 Å². The van der Waals surface area contributed by atoms with Crippen LogP contribution in [0.5, 0.6) is 0 Å². The molecule has 386 valence electrons. The zero-order chi connectivity index (χ0) is 49.4. The molecule has 0 radical (unpaired) electrons. The minimum Gasteiger partial charge on any atom is -0.457 e. The number of hydrogen-bond acceptors (Lipinski definition) is 7. The number of allylic oxidation sites excluding steroid dienone is 22. The monoisotopic (exact) mass is 964 g/mol. The van der Waals surface area contributed by atoms with Crippen molar-refractivity contribution in [1.82, 2.24) is 0 Å². The lowest BCUT2D eigenvalue weighted by Gasteiger charge is -2.20. The van der Waals surface area contributed by atoms with E-state index >= 15 is 0 Å². The third-order valence-electron chi connectivity index (χ3n) is 10.6. The Balaban J connectivity index is 4.05. The largest absolute Gasteiger partial charge is 0.472 e. The van der Waals surface area contributed by atoms with Crippen molar-refractivity contribution in [1.29, 1.82) is 0 Å². The molecule has 0 rings (SSSR count). The van der Waals surface area contributed by atoms with Crippen LogP contribution in [0.1, 0.15) is 194 Å². The van der Waals surface area contributed by atoms with Gasteiger partial charge in [-0.25, -0.2) is 4.57 Å². The molecule has 68 heavy (non-hydrogen) atoms. The maximum atomic E-state index is 12.7. The molecule has 0 heterocycles. The van der Waals surface area contributed by atoms with Crippen LogP contribution < -0.4 is 5.73 Å². The number of carbonyl (C=O) groups is 1. The van der Waals surface area contributed by atoms with Gasteiger partial charge in [0.25, 0.3) is 0 Å². The highest BCUT2D eigenvalue weighted by atomic mass is 31.2. The van der Waals surface area contributed by atoms with Crippen LogP contribution in [-0.2, 0) is 27.9 Å². The second kappa shape index (κ2) is 54.6. The summed E-state index contributed by atoms with van der Waals surface area (Å²) in [5, 5.41) is 0. The molecular weight excluding hydrogens is 866 g/mol. The van der Waals surface area contributed by atoms with Gasteiger partial charge in [0.05, 0.1) is 19.8 Å². The molecule has 8 nitrogen and oxygen atoms in total. The summed E-state index contributed by atoms with van der Waals surface area (Å²) in [4.78, 5) is 22.6. The van der Waals surface area contributed by atoms with Gasteiger partial charge in [-0.1, -0.05) is 212 Å². The lowest BCUT2D eigenvalue weighted by molar-refractivity contribution is -0.154. The van der Waals surface area contributed by atoms with Gasteiger partial charge in [0.15, 0.2) is 0 Å². The summed E-state index contributed by atoms with van der Waals surface area (Å²) in [6.45, 7) is 4.60. The molecule has 0 aromatic heterocycles. The van der Waals surface area contributed by atoms with E-state index in [4.69, 9.17) is 24.3 Å². The zero-order valence-corrected chi connectivity index (χ0v) is 43.9. The summed E-state index contributed by atoms with van der Waals surface area (Å²) < 4.78 is 33.6. The van der Waals surface area contributed by atoms with Crippen LogP contribution in [0.4, 0.5) is 0 Å². The molecule has 0 saturated carbocycles. The zero-order valence-electron chi connectivity index (χ0n) is 43.0. The second-order valence-corrected chi connectivity index (χ2v) is 18.4. The minimum absolute atomic E-state index is 0.0871. The van der Waals surface area contributed by atoms with Crippen molar-refractivity contribution in [2.24, 2.45) is 5.73 Å². The van der Waals surface area contributed by atoms with Crippen molar-refractivity contribution < 1.29 is 32.8 Å². The molecule has 0 amide bonds. The molecule has 3 N–H and O–H groups in total. The molecule has 2 unspecified atom stereocenters. The summed E-state index contributed by atoms with van der Waals surface area (Å²) >= 11 is 0. The van der Waals surface area contributed by atoms with Crippen molar-refractivity contribution in [2.75, 3.05) is 33.0 Å². The highest BCUT2D eigenvalue weighted by Crippen LogP contribution is 2.43. The van der Waals surface area contributed by atoms with Crippen LogP contribution >= 0.6 is 7.82 Å². The topological polar surface area (TPSA) is 117 Å². The molecule has 0 aromatic rings. The quantitative estimate of drug-likeness (QED) is 0.0268. The Bertz CT molecular complexity index is 1500. The average Bonchev–Trinajstić information content (AvgIpc) is 3.33. The number of phosphoric acid groups is 1. The Morgan fingerprint density at radius 2 is 0.779 bits per heavy atom. The van der Waals surface area contributed by atoms with E-state index in [2.05, 4.69) is 148 Å². The van der Waals surface area contributed by atoms with Crippen LogP contribution in [-0.4, -0.2) is 49.9 Å². The Morgan fingerprint density at radius 1 is 0.441 bits per heavy atom. The standard InChI is InChI=1S/C59H98NO7P/c1-3-5-7-9-11-13-15-17-19-21-23-25-27-28-29-31-33-35-37-39-41-43-45-47-49-51-54-64-56-58(57-66-68(62,63)65-55-53-60)67-59(61)52-50-48-46-44-42-40-38-36-34-32-30-26-24-22-20-18-16-14-12-10-8-6-4-2/h5-8,11-14,17-20,23-26,28-29,33,35,39,41,58H,3-4,9-10,15-16,21-22,27,30-32,34,36-38,40,42-57,60H2,1-2H3,(H,62,63)/b7-5-,8-6-,13-11-,14-12-,19-17-,20-18-,25-23-,26-24-,29-28-,35-33-,41-39-. The van der Waals surface area contributed by atoms with Gasteiger partial charge in [-0.2, -0.15) is 0 Å². The van der Waals surface area contributed by atoms with Gasteiger partial charge in [-0.15, -0.1) is 0 Å². The molecule has 0 spiro atoms.